The highest BCUT2D eigenvalue weighted by molar-refractivity contribution is 5.93. The Morgan fingerprint density at radius 3 is 2.43 bits per heavy atom. The highest BCUT2D eigenvalue weighted by Crippen LogP contribution is 2.52. The number of carbonyl (C=O) groups is 2. The summed E-state index contributed by atoms with van der Waals surface area (Å²) in [6.45, 7) is 7.60. The van der Waals surface area contributed by atoms with Crippen molar-refractivity contribution in [2.45, 2.75) is 52.1 Å². The monoisotopic (exact) mass is 392 g/mol. The minimum atomic E-state index is -0.789. The molecule has 2 N–H and O–H groups in total. The van der Waals surface area contributed by atoms with Crippen molar-refractivity contribution >= 4 is 12.0 Å². The van der Waals surface area contributed by atoms with Crippen molar-refractivity contribution in [1.82, 2.24) is 4.90 Å². The van der Waals surface area contributed by atoms with Crippen molar-refractivity contribution in [1.29, 1.82) is 0 Å². The summed E-state index contributed by atoms with van der Waals surface area (Å²) in [5, 5.41) is 0. The van der Waals surface area contributed by atoms with Crippen LogP contribution in [0.4, 0.5) is 9.18 Å². The molecule has 0 bridgehead atoms. The van der Waals surface area contributed by atoms with Gasteiger partial charge in [0.05, 0.1) is 12.2 Å². The number of ether oxygens (including phenoxy) is 2. The predicted octanol–water partition coefficient (Wildman–Crippen LogP) is 3.73. The maximum absolute atomic E-state index is 13.8. The number of halogens is 1. The van der Waals surface area contributed by atoms with E-state index in [0.29, 0.717) is 18.3 Å². The second-order valence-corrected chi connectivity index (χ2v) is 9.06. The Balaban J connectivity index is 1.42. The molecule has 7 heteroatoms. The van der Waals surface area contributed by atoms with Crippen LogP contribution in [0.5, 0.6) is 5.75 Å². The molecule has 0 unspecified atom stereocenters. The molecule has 1 aliphatic carbocycles. The molecule has 28 heavy (non-hydrogen) atoms. The topological polar surface area (TPSA) is 81.9 Å². The van der Waals surface area contributed by atoms with Crippen LogP contribution in [-0.2, 0) is 4.74 Å². The Hall–Kier alpha value is -2.31. The number of nitrogens with zero attached hydrogens (tertiary/aromatic N) is 1. The van der Waals surface area contributed by atoms with Gasteiger partial charge in [-0.15, -0.1) is 0 Å². The fourth-order valence-corrected chi connectivity index (χ4v) is 4.18. The highest BCUT2D eigenvalue weighted by Gasteiger charge is 2.46. The molecule has 2 fully saturated rings. The third-order valence-corrected chi connectivity index (χ3v) is 5.61. The van der Waals surface area contributed by atoms with Crippen LogP contribution in [0.3, 0.4) is 0 Å². The van der Waals surface area contributed by atoms with E-state index in [1.807, 2.05) is 20.8 Å². The van der Waals surface area contributed by atoms with Crippen LogP contribution in [0.1, 0.15) is 56.8 Å². The molecule has 0 atom stereocenters. The van der Waals surface area contributed by atoms with E-state index >= 15 is 0 Å². The van der Waals surface area contributed by atoms with Gasteiger partial charge in [-0.2, -0.15) is 0 Å². The van der Waals surface area contributed by atoms with Gasteiger partial charge in [0.15, 0.2) is 0 Å². The zero-order valence-electron chi connectivity index (χ0n) is 16.8. The number of likely N-dealkylation sites (tertiary alicyclic amines) is 1. The smallest absolute Gasteiger partial charge is 0.410 e. The second-order valence-electron chi connectivity index (χ2n) is 9.06. The molecule has 1 saturated carbocycles. The van der Waals surface area contributed by atoms with Crippen molar-refractivity contribution in [3.8, 4) is 5.75 Å². The van der Waals surface area contributed by atoms with E-state index in [-0.39, 0.29) is 17.1 Å². The summed E-state index contributed by atoms with van der Waals surface area (Å²) in [4.78, 5) is 25.0. The van der Waals surface area contributed by atoms with Crippen LogP contribution < -0.4 is 10.5 Å². The summed E-state index contributed by atoms with van der Waals surface area (Å²) < 4.78 is 24.9. The molecule has 1 aromatic carbocycles. The lowest BCUT2D eigenvalue weighted by Crippen LogP contribution is -2.50. The van der Waals surface area contributed by atoms with Crippen LogP contribution in [0.15, 0.2) is 18.2 Å². The molecule has 0 radical (unpaired) electrons. The molecule has 1 heterocycles. The normalized spacial score (nSPS) is 19.2. The van der Waals surface area contributed by atoms with Gasteiger partial charge in [-0.1, -0.05) is 0 Å². The summed E-state index contributed by atoms with van der Waals surface area (Å²) in [5.41, 5.74) is 4.78. The molecule has 0 aromatic heterocycles. The SMILES string of the molecule is CC(C)(C)OC(=O)N1CCC2(CC1)CC(COc1ccc(C(N)=O)c(F)c1)C2. The largest absolute Gasteiger partial charge is 0.493 e. The molecular formula is C21H29FN2O4. The van der Waals surface area contributed by atoms with Gasteiger partial charge in [-0.05, 0) is 69.9 Å². The van der Waals surface area contributed by atoms with E-state index in [9.17, 15) is 14.0 Å². The molecule has 1 aromatic rings. The number of amides is 2. The second kappa shape index (κ2) is 7.60. The standard InChI is InChI=1S/C21H29FN2O4/c1-20(2,3)28-19(26)24-8-6-21(7-9-24)11-14(12-21)13-27-15-4-5-16(18(23)25)17(22)10-15/h4-5,10,14H,6-9,11-13H2,1-3H3,(H2,23,25). The first-order valence-electron chi connectivity index (χ1n) is 9.77. The number of rotatable bonds is 4. The number of primary amides is 1. The van der Waals surface area contributed by atoms with Crippen LogP contribution in [0, 0.1) is 17.2 Å². The Labute approximate surface area is 165 Å². The maximum atomic E-state index is 13.8. The van der Waals surface area contributed by atoms with Gasteiger partial charge >= 0.3 is 6.09 Å². The Morgan fingerprint density at radius 2 is 1.89 bits per heavy atom. The lowest BCUT2D eigenvalue weighted by atomic mass is 9.58. The third-order valence-electron chi connectivity index (χ3n) is 5.61. The first-order chi connectivity index (χ1) is 13.1. The summed E-state index contributed by atoms with van der Waals surface area (Å²) >= 11 is 0. The Bertz CT molecular complexity index is 743. The average molecular weight is 392 g/mol. The molecular weight excluding hydrogens is 363 g/mol. The van der Waals surface area contributed by atoms with Crippen molar-refractivity contribution in [3.05, 3.63) is 29.6 Å². The molecule has 1 saturated heterocycles. The number of nitrogens with two attached hydrogens (primary N) is 1. The maximum Gasteiger partial charge on any atom is 0.410 e. The number of piperidine rings is 1. The van der Waals surface area contributed by atoms with Crippen LogP contribution >= 0.6 is 0 Å². The minimum Gasteiger partial charge on any atom is -0.493 e. The van der Waals surface area contributed by atoms with Crippen molar-refractivity contribution in [2.75, 3.05) is 19.7 Å². The molecule has 3 rings (SSSR count). The van der Waals surface area contributed by atoms with E-state index in [2.05, 4.69) is 0 Å². The lowest BCUT2D eigenvalue weighted by Gasteiger charge is -2.52. The third kappa shape index (κ3) is 4.75. The van der Waals surface area contributed by atoms with Crippen molar-refractivity contribution < 1.29 is 23.5 Å². The zero-order valence-corrected chi connectivity index (χ0v) is 16.8. The highest BCUT2D eigenvalue weighted by atomic mass is 19.1. The Morgan fingerprint density at radius 1 is 1.25 bits per heavy atom. The van der Waals surface area contributed by atoms with E-state index in [1.54, 1.807) is 11.0 Å². The number of hydrogen-bond donors (Lipinski definition) is 1. The lowest BCUT2D eigenvalue weighted by molar-refractivity contribution is -0.0380. The average Bonchev–Trinajstić information content (AvgIpc) is 2.56. The van der Waals surface area contributed by atoms with Crippen LogP contribution in [0.2, 0.25) is 0 Å². The fourth-order valence-electron chi connectivity index (χ4n) is 4.18. The van der Waals surface area contributed by atoms with Crippen molar-refractivity contribution in [2.24, 2.45) is 17.1 Å². The number of carbonyl (C=O) groups excluding carboxylic acids is 2. The summed E-state index contributed by atoms with van der Waals surface area (Å²) in [5.74, 6) is -0.623. The molecule has 2 aliphatic rings. The van der Waals surface area contributed by atoms with Gasteiger partial charge in [0.1, 0.15) is 17.2 Å². The molecule has 154 valence electrons. The van der Waals surface area contributed by atoms with Gasteiger partial charge in [0.2, 0.25) is 0 Å². The number of hydrogen-bond acceptors (Lipinski definition) is 4. The van der Waals surface area contributed by atoms with Gasteiger partial charge in [-0.25, -0.2) is 9.18 Å². The van der Waals surface area contributed by atoms with Gasteiger partial charge in [0, 0.05) is 19.2 Å². The van der Waals surface area contributed by atoms with Gasteiger partial charge in [0.25, 0.3) is 5.91 Å². The van der Waals surface area contributed by atoms with Crippen LogP contribution in [0.25, 0.3) is 0 Å². The van der Waals surface area contributed by atoms with Gasteiger partial charge in [-0.3, -0.25) is 4.79 Å². The first kappa shape index (κ1) is 20.4. The van der Waals surface area contributed by atoms with E-state index in [0.717, 1.165) is 38.8 Å². The first-order valence-corrected chi connectivity index (χ1v) is 9.77. The van der Waals surface area contributed by atoms with Crippen LogP contribution in [-0.4, -0.2) is 42.2 Å². The summed E-state index contributed by atoms with van der Waals surface area (Å²) in [7, 11) is 0. The Kier molecular flexibility index (Phi) is 5.55. The van der Waals surface area contributed by atoms with Crippen molar-refractivity contribution in [3.63, 3.8) is 0 Å². The summed E-state index contributed by atoms with van der Waals surface area (Å²) in [6, 6.07) is 4.12. The van der Waals surface area contributed by atoms with E-state index in [1.165, 1.54) is 12.1 Å². The zero-order chi connectivity index (χ0) is 20.5. The summed E-state index contributed by atoms with van der Waals surface area (Å²) in [6.07, 6.45) is 3.83. The molecule has 1 spiro atoms. The van der Waals surface area contributed by atoms with Gasteiger partial charge < -0.3 is 20.1 Å². The van der Waals surface area contributed by atoms with E-state index in [4.69, 9.17) is 15.2 Å². The fraction of sp³-hybridized carbons (Fsp3) is 0.619. The molecule has 6 nitrogen and oxygen atoms in total. The van der Waals surface area contributed by atoms with E-state index < -0.39 is 17.3 Å². The molecule has 1 aliphatic heterocycles. The minimum absolute atomic E-state index is 0.133. The predicted molar refractivity (Wildman–Crippen MR) is 103 cm³/mol. The number of benzene rings is 1. The quantitative estimate of drug-likeness (QED) is 0.846. The molecule has 2 amide bonds.